The number of carbonyl (C=O) groups excluding carboxylic acids is 1. The van der Waals surface area contributed by atoms with Crippen LogP contribution in [-0.4, -0.2) is 32.7 Å². The third kappa shape index (κ3) is 4.41. The lowest BCUT2D eigenvalue weighted by molar-refractivity contribution is -0.161. The van der Waals surface area contributed by atoms with Gasteiger partial charge in [-0.3, -0.25) is 4.79 Å². The monoisotopic (exact) mass is 313 g/mol. The molecule has 0 aliphatic carbocycles. The number of rotatable bonds is 5. The summed E-state index contributed by atoms with van der Waals surface area (Å²) in [6.45, 7) is 17.1. The first-order chi connectivity index (χ1) is 9.54. The van der Waals surface area contributed by atoms with Crippen LogP contribution in [0, 0.1) is 0 Å². The predicted octanol–water partition coefficient (Wildman–Crippen LogP) is 3.60. The van der Waals surface area contributed by atoms with Crippen molar-refractivity contribution in [3.63, 3.8) is 0 Å². The Balaban J connectivity index is 3.02. The van der Waals surface area contributed by atoms with E-state index in [1.165, 1.54) is 6.92 Å². The fourth-order valence-corrected chi connectivity index (χ4v) is 3.61. The molecule has 1 saturated heterocycles. The Kier molecular flexibility index (Phi) is 5.81. The average Bonchev–Trinajstić information content (AvgIpc) is 2.34. The Morgan fingerprint density at radius 1 is 1.43 bits per heavy atom. The minimum absolute atomic E-state index is 0.0948. The molecule has 1 N–H and O–H groups in total. The minimum atomic E-state index is -1.97. The summed E-state index contributed by atoms with van der Waals surface area (Å²) in [5, 5.41) is 3.08. The quantitative estimate of drug-likeness (QED) is 0.623. The van der Waals surface area contributed by atoms with Crippen molar-refractivity contribution in [1.82, 2.24) is 5.32 Å². The van der Waals surface area contributed by atoms with Crippen LogP contribution in [0.15, 0.2) is 12.7 Å². The van der Waals surface area contributed by atoms with Crippen molar-refractivity contribution in [1.29, 1.82) is 0 Å². The molecule has 1 heterocycles. The topological polar surface area (TPSA) is 47.6 Å². The standard InChI is InChI=1S/C16H31NO3Si/c1-8-14(20-21(6,7)15(3,4)5)16(17-13(2)18)11-9-10-12-19-16/h8,14H,1,9-12H2,2-7H3,(H,17,18)/t14-,16-/m1/s1. The van der Waals surface area contributed by atoms with Gasteiger partial charge in [-0.05, 0) is 37.4 Å². The van der Waals surface area contributed by atoms with Crippen molar-refractivity contribution in [2.24, 2.45) is 0 Å². The van der Waals surface area contributed by atoms with Crippen LogP contribution in [0.25, 0.3) is 0 Å². The van der Waals surface area contributed by atoms with Gasteiger partial charge in [0.05, 0.1) is 0 Å². The second-order valence-electron chi connectivity index (χ2n) is 7.41. The van der Waals surface area contributed by atoms with E-state index in [4.69, 9.17) is 9.16 Å². The summed E-state index contributed by atoms with van der Waals surface area (Å²) < 4.78 is 12.5. The molecule has 0 radical (unpaired) electrons. The first-order valence-electron chi connectivity index (χ1n) is 7.77. The van der Waals surface area contributed by atoms with E-state index < -0.39 is 14.0 Å². The van der Waals surface area contributed by atoms with E-state index in [2.05, 4.69) is 45.8 Å². The van der Waals surface area contributed by atoms with Gasteiger partial charge >= 0.3 is 0 Å². The van der Waals surface area contributed by atoms with Gasteiger partial charge in [0.15, 0.2) is 14.0 Å². The molecule has 0 bridgehead atoms. The molecule has 1 rings (SSSR count). The fraction of sp³-hybridized carbons (Fsp3) is 0.812. The van der Waals surface area contributed by atoms with Gasteiger partial charge in [0.2, 0.25) is 5.91 Å². The van der Waals surface area contributed by atoms with E-state index in [-0.39, 0.29) is 17.0 Å². The molecule has 0 spiro atoms. The molecule has 1 fully saturated rings. The Morgan fingerprint density at radius 2 is 2.05 bits per heavy atom. The van der Waals surface area contributed by atoms with Gasteiger partial charge in [-0.25, -0.2) is 0 Å². The zero-order chi connectivity index (χ0) is 16.3. The molecule has 0 aromatic rings. The van der Waals surface area contributed by atoms with Crippen LogP contribution in [0.1, 0.15) is 47.0 Å². The molecule has 1 aliphatic rings. The number of carbonyl (C=O) groups is 1. The van der Waals surface area contributed by atoms with Crippen LogP contribution >= 0.6 is 0 Å². The van der Waals surface area contributed by atoms with Gasteiger partial charge < -0.3 is 14.5 Å². The normalized spacial score (nSPS) is 25.2. The lowest BCUT2D eigenvalue weighted by Gasteiger charge is -2.47. The van der Waals surface area contributed by atoms with E-state index in [1.807, 2.05) is 0 Å². The van der Waals surface area contributed by atoms with Gasteiger partial charge in [0.1, 0.15) is 6.10 Å². The molecule has 1 aliphatic heterocycles. The van der Waals surface area contributed by atoms with E-state index in [9.17, 15) is 4.79 Å². The second-order valence-corrected chi connectivity index (χ2v) is 12.2. The molecule has 0 aromatic carbocycles. The van der Waals surface area contributed by atoms with Gasteiger partial charge in [0.25, 0.3) is 0 Å². The van der Waals surface area contributed by atoms with Gasteiger partial charge in [-0.1, -0.05) is 26.8 Å². The number of hydrogen-bond donors (Lipinski definition) is 1. The maximum Gasteiger partial charge on any atom is 0.219 e. The smallest absolute Gasteiger partial charge is 0.219 e. The summed E-state index contributed by atoms with van der Waals surface area (Å²) in [7, 11) is -1.97. The molecule has 2 atom stereocenters. The van der Waals surface area contributed by atoms with Gasteiger partial charge in [-0.2, -0.15) is 0 Å². The lowest BCUT2D eigenvalue weighted by atomic mass is 9.96. The molecule has 122 valence electrons. The minimum Gasteiger partial charge on any atom is -0.406 e. The first kappa shape index (κ1) is 18.4. The predicted molar refractivity (Wildman–Crippen MR) is 88.6 cm³/mol. The van der Waals surface area contributed by atoms with E-state index in [1.54, 1.807) is 6.08 Å². The average molecular weight is 314 g/mol. The Hall–Kier alpha value is -0.653. The summed E-state index contributed by atoms with van der Waals surface area (Å²) in [4.78, 5) is 11.6. The number of ether oxygens (including phenoxy) is 1. The van der Waals surface area contributed by atoms with Crippen molar-refractivity contribution in [3.05, 3.63) is 12.7 Å². The molecule has 5 heteroatoms. The van der Waals surface area contributed by atoms with Gasteiger partial charge in [0, 0.05) is 13.5 Å². The largest absolute Gasteiger partial charge is 0.406 e. The third-order valence-electron chi connectivity index (χ3n) is 4.59. The summed E-state index contributed by atoms with van der Waals surface area (Å²) >= 11 is 0. The van der Waals surface area contributed by atoms with E-state index in [0.29, 0.717) is 6.61 Å². The fourth-order valence-electron chi connectivity index (χ4n) is 2.34. The molecule has 0 aromatic heterocycles. The van der Waals surface area contributed by atoms with E-state index in [0.717, 1.165) is 19.3 Å². The van der Waals surface area contributed by atoms with E-state index >= 15 is 0 Å². The molecule has 0 unspecified atom stereocenters. The van der Waals surface area contributed by atoms with Crippen molar-refractivity contribution < 1.29 is 14.0 Å². The zero-order valence-electron chi connectivity index (χ0n) is 14.4. The molecule has 21 heavy (non-hydrogen) atoms. The molecular weight excluding hydrogens is 282 g/mol. The van der Waals surface area contributed by atoms with Crippen molar-refractivity contribution in [2.75, 3.05) is 6.61 Å². The molecular formula is C16H31NO3Si. The van der Waals surface area contributed by atoms with Gasteiger partial charge in [-0.15, -0.1) is 6.58 Å². The summed E-state index contributed by atoms with van der Waals surface area (Å²) in [5.41, 5.74) is -0.763. The first-order valence-corrected chi connectivity index (χ1v) is 10.7. The van der Waals surface area contributed by atoms with Crippen LogP contribution in [0.3, 0.4) is 0 Å². The number of hydrogen-bond acceptors (Lipinski definition) is 3. The summed E-state index contributed by atoms with van der Waals surface area (Å²) in [5.74, 6) is -0.0948. The molecule has 1 amide bonds. The maximum atomic E-state index is 11.6. The summed E-state index contributed by atoms with van der Waals surface area (Å²) in [6.07, 6.45) is 4.26. The number of amides is 1. The third-order valence-corrected chi connectivity index (χ3v) is 9.05. The molecule has 4 nitrogen and oxygen atoms in total. The summed E-state index contributed by atoms with van der Waals surface area (Å²) in [6, 6.07) is 0. The lowest BCUT2D eigenvalue weighted by Crippen LogP contribution is -2.62. The Morgan fingerprint density at radius 3 is 2.43 bits per heavy atom. The SMILES string of the molecule is C=C[C@@H](O[Si](C)(C)C(C)(C)C)[C@@]1(NC(C)=O)CCCCO1. The molecule has 0 saturated carbocycles. The highest BCUT2D eigenvalue weighted by atomic mass is 28.4. The van der Waals surface area contributed by atoms with Crippen molar-refractivity contribution in [2.45, 2.75) is 76.9 Å². The number of nitrogens with one attached hydrogen (secondary N) is 1. The zero-order valence-corrected chi connectivity index (χ0v) is 15.4. The van der Waals surface area contributed by atoms with Crippen LogP contribution in [-0.2, 0) is 14.0 Å². The Bertz CT molecular complexity index is 381. The van der Waals surface area contributed by atoms with Crippen molar-refractivity contribution >= 4 is 14.2 Å². The maximum absolute atomic E-state index is 11.6. The van der Waals surface area contributed by atoms with Crippen LogP contribution < -0.4 is 5.32 Å². The van der Waals surface area contributed by atoms with Crippen molar-refractivity contribution in [3.8, 4) is 0 Å². The Labute approximate surface area is 130 Å². The van der Waals surface area contributed by atoms with Crippen LogP contribution in [0.2, 0.25) is 18.1 Å². The second kappa shape index (κ2) is 6.63. The highest BCUT2D eigenvalue weighted by molar-refractivity contribution is 6.74. The van der Waals surface area contributed by atoms with Crippen LogP contribution in [0.4, 0.5) is 0 Å². The van der Waals surface area contributed by atoms with Crippen LogP contribution in [0.5, 0.6) is 0 Å². The highest BCUT2D eigenvalue weighted by Gasteiger charge is 2.47. The highest BCUT2D eigenvalue weighted by Crippen LogP contribution is 2.40.